The molecule has 13 heavy (non-hydrogen) atoms. The lowest BCUT2D eigenvalue weighted by Crippen LogP contribution is -1.95. The average Bonchev–Trinajstić information content (AvgIpc) is 2.10. The van der Waals surface area contributed by atoms with Crippen LogP contribution < -0.4 is 0 Å². The van der Waals surface area contributed by atoms with Crippen molar-refractivity contribution in [1.29, 1.82) is 0 Å². The lowest BCUT2D eigenvalue weighted by molar-refractivity contribution is -0.136. The van der Waals surface area contributed by atoms with Gasteiger partial charge in [-0.2, -0.15) is 0 Å². The summed E-state index contributed by atoms with van der Waals surface area (Å²) in [6.07, 6.45) is 6.22. The van der Waals surface area contributed by atoms with E-state index in [0.29, 0.717) is 5.75 Å². The number of hydrogen-bond acceptors (Lipinski definition) is 2. The summed E-state index contributed by atoms with van der Waals surface area (Å²) >= 11 is 1.55. The van der Waals surface area contributed by atoms with E-state index in [-0.39, 0.29) is 6.42 Å². The van der Waals surface area contributed by atoms with Crippen molar-refractivity contribution >= 4 is 17.7 Å². The molecule has 0 aromatic rings. The Balaban J connectivity index is 3.71. The van der Waals surface area contributed by atoms with Crippen LogP contribution in [0.3, 0.4) is 0 Å². The Morgan fingerprint density at radius 2 is 2.31 bits per heavy atom. The number of carbonyl (C=O) groups is 1. The van der Waals surface area contributed by atoms with Gasteiger partial charge in [-0.05, 0) is 6.42 Å². The molecule has 0 bridgehead atoms. The molecule has 0 saturated carbocycles. The van der Waals surface area contributed by atoms with Crippen molar-refractivity contribution in [1.82, 2.24) is 0 Å². The van der Waals surface area contributed by atoms with Gasteiger partial charge >= 0.3 is 5.97 Å². The van der Waals surface area contributed by atoms with Gasteiger partial charge in [-0.3, -0.25) is 4.79 Å². The number of hydrogen-bond donors (Lipinski definition) is 1. The van der Waals surface area contributed by atoms with Crippen LogP contribution in [0.5, 0.6) is 0 Å². The Labute approximate surface area is 83.7 Å². The first-order valence-electron chi connectivity index (χ1n) is 4.38. The largest absolute Gasteiger partial charge is 0.481 e. The molecule has 0 fully saturated rings. The zero-order valence-electron chi connectivity index (χ0n) is 7.95. The molecule has 2 nitrogen and oxygen atoms in total. The minimum absolute atomic E-state index is 0.210. The quantitative estimate of drug-likeness (QED) is 0.642. The lowest BCUT2D eigenvalue weighted by Gasteiger charge is -1.99. The van der Waals surface area contributed by atoms with E-state index >= 15 is 0 Å². The van der Waals surface area contributed by atoms with Crippen LogP contribution in [-0.4, -0.2) is 16.8 Å². The topological polar surface area (TPSA) is 37.3 Å². The Morgan fingerprint density at radius 3 is 2.77 bits per heavy atom. The van der Waals surface area contributed by atoms with Gasteiger partial charge in [-0.25, -0.2) is 0 Å². The molecule has 0 aromatic heterocycles. The molecular weight excluding hydrogens is 184 g/mol. The van der Waals surface area contributed by atoms with Crippen LogP contribution in [-0.2, 0) is 4.79 Å². The van der Waals surface area contributed by atoms with Crippen molar-refractivity contribution in [2.24, 2.45) is 0 Å². The number of carboxylic acids is 1. The third-order valence-electron chi connectivity index (χ3n) is 1.42. The van der Waals surface area contributed by atoms with Gasteiger partial charge in [0.05, 0.1) is 6.42 Å². The van der Waals surface area contributed by atoms with Gasteiger partial charge < -0.3 is 5.11 Å². The fourth-order valence-corrected chi connectivity index (χ4v) is 1.61. The predicted molar refractivity (Wildman–Crippen MR) is 57.9 cm³/mol. The first-order valence-corrected chi connectivity index (χ1v) is 5.36. The maximum atomic E-state index is 10.2. The van der Waals surface area contributed by atoms with Crippen LogP contribution in [0.25, 0.3) is 0 Å². The van der Waals surface area contributed by atoms with Crippen molar-refractivity contribution in [3.8, 4) is 0 Å². The normalized spacial score (nSPS) is 11.3. The van der Waals surface area contributed by atoms with Gasteiger partial charge in [-0.1, -0.05) is 32.1 Å². The van der Waals surface area contributed by atoms with Crippen molar-refractivity contribution in [2.75, 3.05) is 5.75 Å². The van der Waals surface area contributed by atoms with E-state index in [1.807, 2.05) is 0 Å². The van der Waals surface area contributed by atoms with Crippen LogP contribution in [0.2, 0.25) is 0 Å². The van der Waals surface area contributed by atoms with Gasteiger partial charge in [-0.15, -0.1) is 11.8 Å². The molecule has 0 aromatic carbocycles. The lowest BCUT2D eigenvalue weighted by atomic mass is 10.3. The number of unbranched alkanes of at least 4 members (excludes halogenated alkanes) is 1. The summed E-state index contributed by atoms with van der Waals surface area (Å²) in [5, 5.41) is 8.42. The van der Waals surface area contributed by atoms with E-state index in [2.05, 4.69) is 19.6 Å². The molecule has 0 rings (SSSR count). The first kappa shape index (κ1) is 12.3. The second-order valence-electron chi connectivity index (χ2n) is 2.59. The summed E-state index contributed by atoms with van der Waals surface area (Å²) in [4.78, 5) is 11.3. The summed E-state index contributed by atoms with van der Waals surface area (Å²) in [5.41, 5.74) is 0. The summed E-state index contributed by atoms with van der Waals surface area (Å²) in [6, 6.07) is 0. The van der Waals surface area contributed by atoms with Gasteiger partial charge in [0.2, 0.25) is 0 Å². The molecule has 0 atom stereocenters. The Kier molecular flexibility index (Phi) is 7.50. The zero-order chi connectivity index (χ0) is 10.1. The van der Waals surface area contributed by atoms with Crippen molar-refractivity contribution < 1.29 is 9.90 Å². The van der Waals surface area contributed by atoms with Crippen LogP contribution in [0, 0.1) is 0 Å². The minimum atomic E-state index is -0.744. The number of allylic oxidation sites excluding steroid dienone is 2. The highest BCUT2D eigenvalue weighted by Gasteiger charge is 1.97. The second-order valence-corrected chi connectivity index (χ2v) is 3.76. The average molecular weight is 200 g/mol. The highest BCUT2D eigenvalue weighted by Crippen LogP contribution is 2.18. The molecular formula is C10H16O2S. The number of rotatable bonds is 7. The number of aliphatic carboxylic acids is 1. The molecule has 0 aliphatic rings. The number of carboxylic acid groups (broad SMARTS) is 1. The third kappa shape index (κ3) is 7.65. The van der Waals surface area contributed by atoms with E-state index < -0.39 is 5.97 Å². The SMILES string of the molecule is C=C/C(=C\CCC)SCCC(=O)O. The molecule has 74 valence electrons. The second kappa shape index (κ2) is 7.92. The summed E-state index contributed by atoms with van der Waals surface area (Å²) in [6.45, 7) is 5.79. The fraction of sp³-hybridized carbons (Fsp3) is 0.500. The standard InChI is InChI=1S/C10H16O2S/c1-3-5-6-9(4-2)13-8-7-10(11)12/h4,6H,2-3,5,7-8H2,1H3,(H,11,12)/b9-6+. The minimum Gasteiger partial charge on any atom is -0.481 e. The maximum Gasteiger partial charge on any atom is 0.304 e. The summed E-state index contributed by atoms with van der Waals surface area (Å²) < 4.78 is 0. The van der Waals surface area contributed by atoms with Crippen LogP contribution in [0.15, 0.2) is 23.6 Å². The Hall–Kier alpha value is -0.700. The van der Waals surface area contributed by atoms with Crippen LogP contribution in [0.1, 0.15) is 26.2 Å². The van der Waals surface area contributed by atoms with Crippen molar-refractivity contribution in [2.45, 2.75) is 26.2 Å². The molecule has 0 saturated heterocycles. The highest BCUT2D eigenvalue weighted by molar-refractivity contribution is 8.03. The van der Waals surface area contributed by atoms with E-state index in [1.54, 1.807) is 17.8 Å². The summed E-state index contributed by atoms with van der Waals surface area (Å²) in [5.74, 6) is -0.122. The smallest absolute Gasteiger partial charge is 0.304 e. The Bertz CT molecular complexity index is 197. The van der Waals surface area contributed by atoms with Crippen molar-refractivity contribution in [3.63, 3.8) is 0 Å². The third-order valence-corrected chi connectivity index (χ3v) is 2.49. The molecule has 0 heterocycles. The molecule has 0 radical (unpaired) electrons. The van der Waals surface area contributed by atoms with Gasteiger partial charge in [0, 0.05) is 10.7 Å². The first-order chi connectivity index (χ1) is 6.20. The van der Waals surface area contributed by atoms with Gasteiger partial charge in [0.1, 0.15) is 0 Å². The molecule has 1 N–H and O–H groups in total. The van der Waals surface area contributed by atoms with Crippen LogP contribution >= 0.6 is 11.8 Å². The molecule has 0 spiro atoms. The Morgan fingerprint density at radius 1 is 1.62 bits per heavy atom. The predicted octanol–water partition coefficient (Wildman–Crippen LogP) is 3.06. The van der Waals surface area contributed by atoms with Crippen LogP contribution in [0.4, 0.5) is 0 Å². The van der Waals surface area contributed by atoms with Crippen molar-refractivity contribution in [3.05, 3.63) is 23.6 Å². The molecule has 0 unspecified atom stereocenters. The molecule has 0 amide bonds. The zero-order valence-corrected chi connectivity index (χ0v) is 8.77. The molecule has 0 aliphatic carbocycles. The molecule has 0 aliphatic heterocycles. The maximum absolute atomic E-state index is 10.2. The van der Waals surface area contributed by atoms with E-state index in [9.17, 15) is 4.79 Å². The molecule has 3 heteroatoms. The monoisotopic (exact) mass is 200 g/mol. The highest BCUT2D eigenvalue weighted by atomic mass is 32.2. The van der Waals surface area contributed by atoms with Gasteiger partial charge in [0.15, 0.2) is 0 Å². The summed E-state index contributed by atoms with van der Waals surface area (Å²) in [7, 11) is 0. The van der Waals surface area contributed by atoms with E-state index in [0.717, 1.165) is 17.7 Å². The number of thioether (sulfide) groups is 1. The van der Waals surface area contributed by atoms with E-state index in [1.165, 1.54) is 0 Å². The van der Waals surface area contributed by atoms with E-state index in [4.69, 9.17) is 5.11 Å². The van der Waals surface area contributed by atoms with Gasteiger partial charge in [0.25, 0.3) is 0 Å². The fourth-order valence-electron chi connectivity index (χ4n) is 0.744.